The Morgan fingerprint density at radius 1 is 1.19 bits per heavy atom. The van der Waals surface area contributed by atoms with Gasteiger partial charge in [0.05, 0.1) is 14.2 Å². The minimum Gasteiger partial charge on any atom is -0.497 e. The lowest BCUT2D eigenvalue weighted by Gasteiger charge is -2.15. The molecule has 0 unspecified atom stereocenters. The van der Waals surface area contributed by atoms with Crippen LogP contribution in [0.15, 0.2) is 23.2 Å². The summed E-state index contributed by atoms with van der Waals surface area (Å²) < 4.78 is 10.6. The Bertz CT molecular complexity index is 459. The van der Waals surface area contributed by atoms with Gasteiger partial charge in [-0.25, -0.2) is 0 Å². The third kappa shape index (κ3) is 5.94. The molecule has 0 aromatic heterocycles. The van der Waals surface area contributed by atoms with Crippen molar-refractivity contribution >= 4 is 5.96 Å². The van der Waals surface area contributed by atoms with E-state index < -0.39 is 0 Å². The molecule has 2 N–H and O–H groups in total. The molecule has 1 aromatic carbocycles. The van der Waals surface area contributed by atoms with Crippen LogP contribution in [0.25, 0.3) is 0 Å². The quantitative estimate of drug-likeness (QED) is 0.599. The summed E-state index contributed by atoms with van der Waals surface area (Å²) in [6, 6.07) is 5.80. The average Bonchev–Trinajstić information content (AvgIpc) is 2.50. The van der Waals surface area contributed by atoms with Gasteiger partial charge in [0, 0.05) is 31.8 Å². The SMILES string of the molecule is CN=C(NCCC(C)C)NCc1ccc(OC)cc1OC. The Kier molecular flexibility index (Phi) is 7.43. The summed E-state index contributed by atoms with van der Waals surface area (Å²) in [6.45, 7) is 5.98. The number of rotatable bonds is 7. The molecule has 0 heterocycles. The van der Waals surface area contributed by atoms with E-state index in [1.165, 1.54) is 0 Å². The van der Waals surface area contributed by atoms with Crippen LogP contribution in [-0.4, -0.2) is 33.8 Å². The molecular formula is C16H27N3O2. The van der Waals surface area contributed by atoms with Crippen molar-refractivity contribution in [3.8, 4) is 11.5 Å². The second-order valence-electron chi connectivity index (χ2n) is 5.21. The molecule has 0 fully saturated rings. The third-order valence-electron chi connectivity index (χ3n) is 3.18. The van der Waals surface area contributed by atoms with E-state index in [4.69, 9.17) is 9.47 Å². The fourth-order valence-electron chi connectivity index (χ4n) is 1.88. The van der Waals surface area contributed by atoms with Crippen molar-refractivity contribution in [1.82, 2.24) is 10.6 Å². The first kappa shape index (κ1) is 17.1. The van der Waals surface area contributed by atoms with Crippen LogP contribution in [0.4, 0.5) is 0 Å². The number of ether oxygens (including phenoxy) is 2. The lowest BCUT2D eigenvalue weighted by Crippen LogP contribution is -2.37. The number of nitrogens with zero attached hydrogens (tertiary/aromatic N) is 1. The molecule has 0 aliphatic heterocycles. The zero-order valence-electron chi connectivity index (χ0n) is 13.7. The van der Waals surface area contributed by atoms with Crippen molar-refractivity contribution in [1.29, 1.82) is 0 Å². The van der Waals surface area contributed by atoms with E-state index in [0.717, 1.165) is 36.0 Å². The molecule has 0 aliphatic rings. The fourth-order valence-corrected chi connectivity index (χ4v) is 1.88. The number of benzene rings is 1. The first-order chi connectivity index (χ1) is 10.1. The van der Waals surface area contributed by atoms with E-state index in [2.05, 4.69) is 29.5 Å². The van der Waals surface area contributed by atoms with Crippen molar-refractivity contribution in [2.75, 3.05) is 27.8 Å². The Labute approximate surface area is 127 Å². The lowest BCUT2D eigenvalue weighted by molar-refractivity contribution is 0.390. The van der Waals surface area contributed by atoms with Gasteiger partial charge in [-0.1, -0.05) is 13.8 Å². The first-order valence-electron chi connectivity index (χ1n) is 7.26. The van der Waals surface area contributed by atoms with Gasteiger partial charge in [-0.15, -0.1) is 0 Å². The van der Waals surface area contributed by atoms with E-state index >= 15 is 0 Å². The van der Waals surface area contributed by atoms with Crippen LogP contribution in [0.2, 0.25) is 0 Å². The second-order valence-corrected chi connectivity index (χ2v) is 5.21. The highest BCUT2D eigenvalue weighted by molar-refractivity contribution is 5.79. The second kappa shape index (κ2) is 9.10. The van der Waals surface area contributed by atoms with Gasteiger partial charge in [0.25, 0.3) is 0 Å². The van der Waals surface area contributed by atoms with Crippen LogP contribution < -0.4 is 20.1 Å². The van der Waals surface area contributed by atoms with Gasteiger partial charge in [-0.2, -0.15) is 0 Å². The number of guanidine groups is 1. The number of nitrogens with one attached hydrogen (secondary N) is 2. The maximum absolute atomic E-state index is 5.39. The summed E-state index contributed by atoms with van der Waals surface area (Å²) in [4.78, 5) is 4.22. The van der Waals surface area contributed by atoms with Gasteiger partial charge in [0.2, 0.25) is 0 Å². The number of methoxy groups -OCH3 is 2. The van der Waals surface area contributed by atoms with Gasteiger partial charge in [-0.05, 0) is 24.5 Å². The van der Waals surface area contributed by atoms with E-state index in [-0.39, 0.29) is 0 Å². The molecular weight excluding hydrogens is 266 g/mol. The molecule has 0 saturated heterocycles. The summed E-state index contributed by atoms with van der Waals surface area (Å²) in [5.41, 5.74) is 1.06. The summed E-state index contributed by atoms with van der Waals surface area (Å²) in [7, 11) is 5.08. The maximum atomic E-state index is 5.39. The highest BCUT2D eigenvalue weighted by atomic mass is 16.5. The van der Waals surface area contributed by atoms with Gasteiger partial charge in [-0.3, -0.25) is 4.99 Å². The average molecular weight is 293 g/mol. The molecule has 0 radical (unpaired) electrons. The summed E-state index contributed by atoms with van der Waals surface area (Å²) in [6.07, 6.45) is 1.12. The van der Waals surface area contributed by atoms with Crippen molar-refractivity contribution in [2.24, 2.45) is 10.9 Å². The Morgan fingerprint density at radius 3 is 2.52 bits per heavy atom. The number of hydrogen-bond donors (Lipinski definition) is 2. The zero-order chi connectivity index (χ0) is 15.7. The van der Waals surface area contributed by atoms with Gasteiger partial charge in [0.1, 0.15) is 11.5 Å². The third-order valence-corrected chi connectivity index (χ3v) is 3.18. The minimum absolute atomic E-state index is 0.647. The molecule has 0 saturated carbocycles. The summed E-state index contributed by atoms with van der Waals surface area (Å²) in [5, 5.41) is 6.59. The van der Waals surface area contributed by atoms with Crippen molar-refractivity contribution in [3.63, 3.8) is 0 Å². The van der Waals surface area contributed by atoms with Crippen LogP contribution in [0.1, 0.15) is 25.8 Å². The molecule has 5 heteroatoms. The smallest absolute Gasteiger partial charge is 0.191 e. The largest absolute Gasteiger partial charge is 0.497 e. The minimum atomic E-state index is 0.647. The molecule has 21 heavy (non-hydrogen) atoms. The predicted octanol–water partition coefficient (Wildman–Crippen LogP) is 2.41. The van der Waals surface area contributed by atoms with E-state index in [9.17, 15) is 0 Å². The highest BCUT2D eigenvalue weighted by Gasteiger charge is 2.06. The Morgan fingerprint density at radius 2 is 1.95 bits per heavy atom. The molecule has 0 atom stereocenters. The van der Waals surface area contributed by atoms with Gasteiger partial charge < -0.3 is 20.1 Å². The molecule has 0 spiro atoms. The van der Waals surface area contributed by atoms with Crippen molar-refractivity contribution in [3.05, 3.63) is 23.8 Å². The zero-order valence-corrected chi connectivity index (χ0v) is 13.7. The normalized spacial score (nSPS) is 11.4. The molecule has 1 aromatic rings. The maximum Gasteiger partial charge on any atom is 0.191 e. The standard InChI is InChI=1S/C16H27N3O2/c1-12(2)8-9-18-16(17-3)19-11-13-6-7-14(20-4)10-15(13)21-5/h6-7,10,12H,8-9,11H2,1-5H3,(H2,17,18,19). The number of hydrogen-bond acceptors (Lipinski definition) is 3. The van der Waals surface area contributed by atoms with Crippen LogP contribution >= 0.6 is 0 Å². The van der Waals surface area contributed by atoms with Gasteiger partial charge in [0.15, 0.2) is 5.96 Å². The van der Waals surface area contributed by atoms with Crippen LogP contribution in [0.3, 0.4) is 0 Å². The molecule has 0 bridgehead atoms. The molecule has 0 amide bonds. The van der Waals surface area contributed by atoms with Crippen LogP contribution in [0, 0.1) is 5.92 Å². The lowest BCUT2D eigenvalue weighted by atomic mass is 10.1. The molecule has 5 nitrogen and oxygen atoms in total. The Hall–Kier alpha value is -1.91. The molecule has 0 aliphatic carbocycles. The van der Waals surface area contributed by atoms with Crippen LogP contribution in [-0.2, 0) is 6.54 Å². The van der Waals surface area contributed by atoms with Crippen LogP contribution in [0.5, 0.6) is 11.5 Å². The number of aliphatic imine (C=N–C) groups is 1. The van der Waals surface area contributed by atoms with Crippen molar-refractivity contribution < 1.29 is 9.47 Å². The van der Waals surface area contributed by atoms with Crippen molar-refractivity contribution in [2.45, 2.75) is 26.8 Å². The summed E-state index contributed by atoms with van der Waals surface area (Å²) in [5.74, 6) is 3.07. The summed E-state index contributed by atoms with van der Waals surface area (Å²) >= 11 is 0. The Balaban J connectivity index is 2.56. The fraction of sp³-hybridized carbons (Fsp3) is 0.562. The highest BCUT2D eigenvalue weighted by Crippen LogP contribution is 2.24. The molecule has 1 rings (SSSR count). The first-order valence-corrected chi connectivity index (χ1v) is 7.26. The predicted molar refractivity (Wildman–Crippen MR) is 87.2 cm³/mol. The topological polar surface area (TPSA) is 54.9 Å². The van der Waals surface area contributed by atoms with E-state index in [0.29, 0.717) is 12.5 Å². The van der Waals surface area contributed by atoms with E-state index in [1.54, 1.807) is 21.3 Å². The molecule has 118 valence electrons. The van der Waals surface area contributed by atoms with Gasteiger partial charge >= 0.3 is 0 Å². The monoisotopic (exact) mass is 293 g/mol. The van der Waals surface area contributed by atoms with E-state index in [1.807, 2.05) is 18.2 Å².